The second-order valence-electron chi connectivity index (χ2n) is 5.01. The highest BCUT2D eigenvalue weighted by atomic mass is 16.3. The highest BCUT2D eigenvalue weighted by Crippen LogP contribution is 2.05. The summed E-state index contributed by atoms with van der Waals surface area (Å²) in [5.41, 5.74) is 0. The lowest BCUT2D eigenvalue weighted by Gasteiger charge is -2.27. The largest absolute Gasteiger partial charge is 0.468 e. The third-order valence-electron chi connectivity index (χ3n) is 3.37. The number of hydrogen-bond acceptors (Lipinski definition) is 3. The molecule has 0 aliphatic heterocycles. The van der Waals surface area contributed by atoms with Gasteiger partial charge in [-0.1, -0.05) is 20.3 Å². The van der Waals surface area contributed by atoms with Crippen LogP contribution in [0.15, 0.2) is 22.8 Å². The van der Waals surface area contributed by atoms with Crippen LogP contribution in [-0.2, 0) is 6.54 Å². The third kappa shape index (κ3) is 5.37. The Morgan fingerprint density at radius 3 is 2.76 bits per heavy atom. The molecule has 0 fully saturated rings. The van der Waals surface area contributed by atoms with E-state index < -0.39 is 0 Å². The van der Waals surface area contributed by atoms with Crippen molar-refractivity contribution in [3.8, 4) is 0 Å². The van der Waals surface area contributed by atoms with E-state index in [1.54, 1.807) is 6.26 Å². The van der Waals surface area contributed by atoms with Crippen molar-refractivity contribution in [2.75, 3.05) is 20.1 Å². The van der Waals surface area contributed by atoms with Gasteiger partial charge in [0.05, 0.1) is 12.8 Å². The van der Waals surface area contributed by atoms with Gasteiger partial charge in [0.15, 0.2) is 0 Å². The number of nitrogens with zero attached hydrogens (tertiary/aromatic N) is 1. The van der Waals surface area contributed by atoms with Gasteiger partial charge in [-0.25, -0.2) is 0 Å². The predicted octanol–water partition coefficient (Wildman–Crippen LogP) is 2.74. The fourth-order valence-electron chi connectivity index (χ4n) is 1.77. The van der Waals surface area contributed by atoms with Gasteiger partial charge in [0.2, 0.25) is 0 Å². The number of nitrogens with one attached hydrogen (secondary N) is 1. The van der Waals surface area contributed by atoms with Crippen molar-refractivity contribution < 1.29 is 4.42 Å². The zero-order valence-corrected chi connectivity index (χ0v) is 11.6. The van der Waals surface area contributed by atoms with Crippen molar-refractivity contribution >= 4 is 0 Å². The number of rotatable bonds is 8. The van der Waals surface area contributed by atoms with Crippen molar-refractivity contribution in [2.45, 2.75) is 39.8 Å². The maximum Gasteiger partial charge on any atom is 0.117 e. The highest BCUT2D eigenvalue weighted by molar-refractivity contribution is 4.97. The molecule has 1 aromatic heterocycles. The first kappa shape index (κ1) is 14.3. The number of hydrogen-bond donors (Lipinski definition) is 1. The van der Waals surface area contributed by atoms with E-state index >= 15 is 0 Å². The molecule has 3 heteroatoms. The molecule has 0 saturated heterocycles. The summed E-state index contributed by atoms with van der Waals surface area (Å²) in [7, 11) is 2.20. The summed E-state index contributed by atoms with van der Waals surface area (Å²) in [6, 6.07) is 4.48. The first-order valence-electron chi connectivity index (χ1n) is 6.56. The molecule has 0 saturated carbocycles. The molecule has 1 N–H and O–H groups in total. The van der Waals surface area contributed by atoms with Gasteiger partial charge in [-0.15, -0.1) is 0 Å². The van der Waals surface area contributed by atoms with Crippen molar-refractivity contribution in [1.82, 2.24) is 10.2 Å². The van der Waals surface area contributed by atoms with E-state index in [4.69, 9.17) is 4.42 Å². The Morgan fingerprint density at radius 2 is 2.18 bits per heavy atom. The summed E-state index contributed by atoms with van der Waals surface area (Å²) in [5, 5.41) is 3.42. The lowest BCUT2D eigenvalue weighted by atomic mass is 10.1. The zero-order chi connectivity index (χ0) is 12.7. The molecule has 1 rings (SSSR count). The van der Waals surface area contributed by atoms with Crippen molar-refractivity contribution in [2.24, 2.45) is 5.92 Å². The van der Waals surface area contributed by atoms with E-state index in [-0.39, 0.29) is 0 Å². The smallest absolute Gasteiger partial charge is 0.117 e. The van der Waals surface area contributed by atoms with Crippen LogP contribution in [0.3, 0.4) is 0 Å². The monoisotopic (exact) mass is 238 g/mol. The summed E-state index contributed by atoms with van der Waals surface area (Å²) in [6.07, 6.45) is 2.96. The van der Waals surface area contributed by atoms with Crippen LogP contribution in [-0.4, -0.2) is 31.1 Å². The van der Waals surface area contributed by atoms with Gasteiger partial charge in [0, 0.05) is 19.1 Å². The van der Waals surface area contributed by atoms with Crippen molar-refractivity contribution in [3.05, 3.63) is 24.2 Å². The number of likely N-dealkylation sites (N-methyl/N-ethyl adjacent to an activating group) is 1. The van der Waals surface area contributed by atoms with Crippen molar-refractivity contribution in [3.63, 3.8) is 0 Å². The molecule has 0 radical (unpaired) electrons. The topological polar surface area (TPSA) is 28.4 Å². The Hall–Kier alpha value is -0.800. The maximum absolute atomic E-state index is 5.28. The fraction of sp³-hybridized carbons (Fsp3) is 0.714. The summed E-state index contributed by atoms with van der Waals surface area (Å²) in [6.45, 7) is 9.79. The maximum atomic E-state index is 5.28. The molecule has 0 aliphatic rings. The fourth-order valence-corrected chi connectivity index (χ4v) is 1.77. The number of furan rings is 1. The van der Waals surface area contributed by atoms with Gasteiger partial charge in [-0.2, -0.15) is 0 Å². The summed E-state index contributed by atoms with van der Waals surface area (Å²) >= 11 is 0. The first-order chi connectivity index (χ1) is 8.13. The van der Waals surface area contributed by atoms with E-state index in [2.05, 4.69) is 38.0 Å². The van der Waals surface area contributed by atoms with Gasteiger partial charge < -0.3 is 14.6 Å². The van der Waals surface area contributed by atoms with Crippen LogP contribution in [0.25, 0.3) is 0 Å². The third-order valence-corrected chi connectivity index (χ3v) is 3.37. The van der Waals surface area contributed by atoms with Gasteiger partial charge in [-0.3, -0.25) is 0 Å². The summed E-state index contributed by atoms with van der Waals surface area (Å²) in [4.78, 5) is 2.42. The Morgan fingerprint density at radius 1 is 1.41 bits per heavy atom. The molecule has 0 bridgehead atoms. The quantitative estimate of drug-likeness (QED) is 0.755. The highest BCUT2D eigenvalue weighted by Gasteiger charge is 2.11. The van der Waals surface area contributed by atoms with Crippen LogP contribution in [0, 0.1) is 5.92 Å². The molecule has 2 unspecified atom stereocenters. The zero-order valence-electron chi connectivity index (χ0n) is 11.6. The van der Waals surface area contributed by atoms with Crippen LogP contribution in [0.5, 0.6) is 0 Å². The van der Waals surface area contributed by atoms with Crippen LogP contribution < -0.4 is 5.32 Å². The van der Waals surface area contributed by atoms with Gasteiger partial charge >= 0.3 is 0 Å². The second-order valence-corrected chi connectivity index (χ2v) is 5.01. The Labute approximate surface area is 105 Å². The van der Waals surface area contributed by atoms with Gasteiger partial charge in [0.1, 0.15) is 5.76 Å². The van der Waals surface area contributed by atoms with E-state index in [9.17, 15) is 0 Å². The van der Waals surface area contributed by atoms with Crippen LogP contribution >= 0.6 is 0 Å². The molecule has 1 aromatic rings. The molecule has 0 aliphatic carbocycles. The Kier molecular flexibility index (Phi) is 6.30. The molecular weight excluding hydrogens is 212 g/mol. The van der Waals surface area contributed by atoms with Crippen LogP contribution in [0.1, 0.15) is 33.0 Å². The van der Waals surface area contributed by atoms with E-state index in [0.29, 0.717) is 6.04 Å². The lowest BCUT2D eigenvalue weighted by Crippen LogP contribution is -2.39. The average molecular weight is 238 g/mol. The standard InChI is InChI=1S/C14H26N2O/c1-5-12(2)11-16(4)13(3)9-15-10-14-7-6-8-17-14/h6-8,12-13,15H,5,9-11H2,1-4H3. The Bertz CT molecular complexity index is 284. The van der Waals surface area contributed by atoms with Crippen LogP contribution in [0.4, 0.5) is 0 Å². The van der Waals surface area contributed by atoms with E-state index in [0.717, 1.165) is 24.8 Å². The lowest BCUT2D eigenvalue weighted by molar-refractivity contribution is 0.216. The molecule has 17 heavy (non-hydrogen) atoms. The predicted molar refractivity (Wildman–Crippen MR) is 72.0 cm³/mol. The SMILES string of the molecule is CCC(C)CN(C)C(C)CNCc1ccco1. The van der Waals surface area contributed by atoms with Gasteiger partial charge in [0.25, 0.3) is 0 Å². The van der Waals surface area contributed by atoms with Gasteiger partial charge in [-0.05, 0) is 32.0 Å². The molecule has 0 aromatic carbocycles. The molecule has 2 atom stereocenters. The van der Waals surface area contributed by atoms with Crippen molar-refractivity contribution in [1.29, 1.82) is 0 Å². The summed E-state index contributed by atoms with van der Waals surface area (Å²) < 4.78 is 5.28. The molecule has 98 valence electrons. The second kappa shape index (κ2) is 7.51. The molecule has 0 spiro atoms. The molecule has 3 nitrogen and oxygen atoms in total. The molecular formula is C14H26N2O. The normalized spacial score (nSPS) is 15.1. The molecule has 0 amide bonds. The summed E-state index contributed by atoms with van der Waals surface area (Å²) in [5.74, 6) is 1.77. The van der Waals surface area contributed by atoms with E-state index in [1.165, 1.54) is 13.0 Å². The minimum Gasteiger partial charge on any atom is -0.468 e. The first-order valence-corrected chi connectivity index (χ1v) is 6.56. The Balaban J connectivity index is 2.17. The van der Waals surface area contributed by atoms with Crippen LogP contribution in [0.2, 0.25) is 0 Å². The minimum absolute atomic E-state index is 0.555. The average Bonchev–Trinajstić information content (AvgIpc) is 2.81. The molecule has 1 heterocycles. The van der Waals surface area contributed by atoms with E-state index in [1.807, 2.05) is 12.1 Å². The minimum atomic E-state index is 0.555.